The maximum atomic E-state index is 13.1. The number of rotatable bonds is 5. The van der Waals surface area contributed by atoms with Crippen molar-refractivity contribution < 1.29 is 19.1 Å². The first-order chi connectivity index (χ1) is 14.6. The van der Waals surface area contributed by atoms with E-state index in [2.05, 4.69) is 11.9 Å². The van der Waals surface area contributed by atoms with Crippen LogP contribution in [-0.2, 0) is 11.2 Å². The van der Waals surface area contributed by atoms with Gasteiger partial charge in [-0.1, -0.05) is 25.5 Å². The zero-order valence-electron chi connectivity index (χ0n) is 17.4. The van der Waals surface area contributed by atoms with E-state index in [-0.39, 0.29) is 18.4 Å². The molecule has 30 heavy (non-hydrogen) atoms. The minimum absolute atomic E-state index is 0.0324. The zero-order chi connectivity index (χ0) is 21.1. The average molecular weight is 430 g/mol. The summed E-state index contributed by atoms with van der Waals surface area (Å²) in [6.07, 6.45) is 2.29. The van der Waals surface area contributed by atoms with E-state index in [1.165, 1.54) is 11.3 Å². The van der Waals surface area contributed by atoms with E-state index in [1.807, 2.05) is 30.0 Å². The molecule has 160 valence electrons. The number of fused-ring (bicyclic) bond motifs is 1. The van der Waals surface area contributed by atoms with Gasteiger partial charge in [-0.15, -0.1) is 11.3 Å². The first-order valence-electron chi connectivity index (χ1n) is 10.5. The van der Waals surface area contributed by atoms with Crippen LogP contribution in [-0.4, -0.2) is 65.5 Å². The van der Waals surface area contributed by atoms with Gasteiger partial charge < -0.3 is 19.3 Å². The molecule has 8 heteroatoms. The van der Waals surface area contributed by atoms with Crippen LogP contribution in [0.3, 0.4) is 0 Å². The second kappa shape index (κ2) is 9.04. The molecular formula is C22H27N3O4S. The number of nitrogens with zero attached hydrogens (tertiary/aromatic N) is 3. The van der Waals surface area contributed by atoms with Crippen LogP contribution in [0.5, 0.6) is 11.5 Å². The summed E-state index contributed by atoms with van der Waals surface area (Å²) in [5.74, 6) is 1.20. The summed E-state index contributed by atoms with van der Waals surface area (Å²) in [4.78, 5) is 34.9. The second-order valence-corrected chi connectivity index (χ2v) is 8.80. The lowest BCUT2D eigenvalue weighted by molar-refractivity contribution is -0.142. The zero-order valence-corrected chi connectivity index (χ0v) is 18.2. The fourth-order valence-corrected chi connectivity index (χ4v) is 4.70. The molecule has 0 bridgehead atoms. The van der Waals surface area contributed by atoms with Gasteiger partial charge in [-0.05, 0) is 31.9 Å². The van der Waals surface area contributed by atoms with Crippen molar-refractivity contribution in [3.8, 4) is 11.5 Å². The number of benzene rings is 1. The monoisotopic (exact) mass is 429 g/mol. The highest BCUT2D eigenvalue weighted by molar-refractivity contribution is 7.13. The van der Waals surface area contributed by atoms with Crippen LogP contribution in [0, 0.1) is 6.92 Å². The van der Waals surface area contributed by atoms with Gasteiger partial charge in [0.25, 0.3) is 11.8 Å². The molecule has 0 unspecified atom stereocenters. The van der Waals surface area contributed by atoms with E-state index in [4.69, 9.17) is 9.47 Å². The summed E-state index contributed by atoms with van der Waals surface area (Å²) in [7, 11) is 0. The van der Waals surface area contributed by atoms with Crippen molar-refractivity contribution in [2.24, 2.45) is 0 Å². The van der Waals surface area contributed by atoms with Crippen molar-refractivity contribution in [2.45, 2.75) is 39.2 Å². The Kier molecular flexibility index (Phi) is 6.22. The molecular weight excluding hydrogens is 402 g/mol. The van der Waals surface area contributed by atoms with E-state index in [9.17, 15) is 9.59 Å². The molecule has 2 amide bonds. The molecule has 1 aromatic carbocycles. The Balaban J connectivity index is 1.35. The van der Waals surface area contributed by atoms with E-state index in [0.29, 0.717) is 37.7 Å². The topological polar surface area (TPSA) is 72.0 Å². The molecule has 0 saturated carbocycles. The number of piperazine rings is 1. The largest absolute Gasteiger partial charge is 0.485 e. The summed E-state index contributed by atoms with van der Waals surface area (Å²) in [6, 6.07) is 7.36. The Morgan fingerprint density at radius 3 is 2.57 bits per heavy atom. The molecule has 1 aromatic heterocycles. The molecule has 0 aliphatic carbocycles. The molecule has 2 aromatic rings. The highest BCUT2D eigenvalue weighted by Gasteiger charge is 2.34. The van der Waals surface area contributed by atoms with Crippen molar-refractivity contribution in [1.82, 2.24) is 14.8 Å². The van der Waals surface area contributed by atoms with Crippen molar-refractivity contribution in [3.05, 3.63) is 39.8 Å². The van der Waals surface area contributed by atoms with Crippen LogP contribution < -0.4 is 9.47 Å². The predicted molar refractivity (Wildman–Crippen MR) is 114 cm³/mol. The lowest BCUT2D eigenvalue weighted by Gasteiger charge is -2.37. The van der Waals surface area contributed by atoms with Crippen LogP contribution in [0.4, 0.5) is 0 Å². The number of carbonyl (C=O) groups is 2. The third-order valence-electron chi connectivity index (χ3n) is 5.43. The van der Waals surface area contributed by atoms with Crippen LogP contribution in [0.2, 0.25) is 0 Å². The van der Waals surface area contributed by atoms with Gasteiger partial charge in [0.1, 0.15) is 11.5 Å². The summed E-state index contributed by atoms with van der Waals surface area (Å²) >= 11 is 1.47. The normalized spacial score (nSPS) is 18.4. The number of ether oxygens (including phenoxy) is 2. The predicted octanol–water partition coefficient (Wildman–Crippen LogP) is 2.92. The highest BCUT2D eigenvalue weighted by atomic mass is 32.1. The van der Waals surface area contributed by atoms with Gasteiger partial charge in [0, 0.05) is 26.2 Å². The number of para-hydroxylation sites is 2. The summed E-state index contributed by atoms with van der Waals surface area (Å²) in [5.41, 5.74) is 0.911. The number of hydrogen-bond acceptors (Lipinski definition) is 6. The van der Waals surface area contributed by atoms with Gasteiger partial charge in [-0.3, -0.25) is 9.59 Å². The molecule has 1 fully saturated rings. The van der Waals surface area contributed by atoms with Crippen LogP contribution in [0.25, 0.3) is 0 Å². The molecule has 0 radical (unpaired) electrons. The maximum absolute atomic E-state index is 13.1. The molecule has 2 aliphatic rings. The van der Waals surface area contributed by atoms with Gasteiger partial charge in [-0.25, -0.2) is 4.98 Å². The third kappa shape index (κ3) is 4.28. The summed E-state index contributed by atoms with van der Waals surface area (Å²) in [6.45, 7) is 6.30. The van der Waals surface area contributed by atoms with Crippen LogP contribution >= 0.6 is 11.3 Å². The Labute approximate surface area is 180 Å². The van der Waals surface area contributed by atoms with Gasteiger partial charge >= 0.3 is 0 Å². The standard InChI is InChI=1S/C22H27N3O4S/c1-3-4-7-16-20(30-15(2)23-16)22(27)25-12-10-24(11-13-25)21(26)19-14-28-17-8-5-6-9-18(17)29-19/h5-6,8-9,19H,3-4,7,10-14H2,1-2H3/t19-/m0/s1. The minimum atomic E-state index is -0.646. The number of thiazole rings is 1. The molecule has 4 rings (SSSR count). The van der Waals surface area contributed by atoms with Gasteiger partial charge in [0.15, 0.2) is 11.5 Å². The SMILES string of the molecule is CCCCc1nc(C)sc1C(=O)N1CCN(C(=O)[C@@H]2COc3ccccc3O2)CC1. The summed E-state index contributed by atoms with van der Waals surface area (Å²) < 4.78 is 11.5. The van der Waals surface area contributed by atoms with Crippen molar-refractivity contribution in [1.29, 1.82) is 0 Å². The third-order valence-corrected chi connectivity index (χ3v) is 6.43. The Bertz CT molecular complexity index is 921. The van der Waals surface area contributed by atoms with Gasteiger partial charge in [-0.2, -0.15) is 0 Å². The number of aromatic nitrogens is 1. The molecule has 1 atom stereocenters. The maximum Gasteiger partial charge on any atom is 0.267 e. The van der Waals surface area contributed by atoms with Crippen LogP contribution in [0.1, 0.15) is 40.1 Å². The van der Waals surface area contributed by atoms with Gasteiger partial charge in [0.05, 0.1) is 10.7 Å². The first-order valence-corrected chi connectivity index (χ1v) is 11.3. The summed E-state index contributed by atoms with van der Waals surface area (Å²) in [5, 5.41) is 0.924. The number of carbonyl (C=O) groups excluding carboxylic acids is 2. The molecule has 7 nitrogen and oxygen atoms in total. The van der Waals surface area contributed by atoms with Crippen LogP contribution in [0.15, 0.2) is 24.3 Å². The number of aryl methyl sites for hydroxylation is 2. The van der Waals surface area contributed by atoms with Crippen molar-refractivity contribution in [3.63, 3.8) is 0 Å². The fraction of sp³-hybridized carbons (Fsp3) is 0.500. The highest BCUT2D eigenvalue weighted by Crippen LogP contribution is 2.31. The lowest BCUT2D eigenvalue weighted by atomic mass is 10.1. The Hall–Kier alpha value is -2.61. The van der Waals surface area contributed by atoms with E-state index in [0.717, 1.165) is 34.8 Å². The molecule has 2 aliphatic heterocycles. The molecule has 3 heterocycles. The average Bonchev–Trinajstić information content (AvgIpc) is 3.16. The molecule has 0 spiro atoms. The number of amides is 2. The quantitative estimate of drug-likeness (QED) is 0.731. The Morgan fingerprint density at radius 2 is 1.83 bits per heavy atom. The van der Waals surface area contributed by atoms with E-state index < -0.39 is 6.10 Å². The van der Waals surface area contributed by atoms with Crippen molar-refractivity contribution in [2.75, 3.05) is 32.8 Å². The van der Waals surface area contributed by atoms with E-state index >= 15 is 0 Å². The fourth-order valence-electron chi connectivity index (χ4n) is 3.77. The Morgan fingerprint density at radius 1 is 1.13 bits per heavy atom. The smallest absolute Gasteiger partial charge is 0.267 e. The van der Waals surface area contributed by atoms with E-state index in [1.54, 1.807) is 11.0 Å². The first kappa shape index (κ1) is 20.7. The lowest BCUT2D eigenvalue weighted by Crippen LogP contribution is -2.55. The molecule has 0 N–H and O–H groups in total. The van der Waals surface area contributed by atoms with Crippen molar-refractivity contribution >= 4 is 23.2 Å². The molecule has 1 saturated heterocycles. The number of unbranched alkanes of at least 4 members (excludes halogenated alkanes) is 1. The van der Waals surface area contributed by atoms with Gasteiger partial charge in [0.2, 0.25) is 6.10 Å². The minimum Gasteiger partial charge on any atom is -0.485 e. The second-order valence-electron chi connectivity index (χ2n) is 7.59. The number of hydrogen-bond donors (Lipinski definition) is 0.